The van der Waals surface area contributed by atoms with Crippen LogP contribution in [0.4, 0.5) is 8.78 Å². The van der Waals surface area contributed by atoms with Crippen molar-refractivity contribution in [2.24, 2.45) is 0 Å². The van der Waals surface area contributed by atoms with Crippen molar-refractivity contribution in [2.45, 2.75) is 26.2 Å². The van der Waals surface area contributed by atoms with E-state index in [0.29, 0.717) is 25.6 Å². The summed E-state index contributed by atoms with van der Waals surface area (Å²) < 4.78 is 32.0. The summed E-state index contributed by atoms with van der Waals surface area (Å²) in [5.74, 6) is -2.09. The Morgan fingerprint density at radius 1 is 1.04 bits per heavy atom. The molecular weight excluding hydrogens is 366 g/mol. The van der Waals surface area contributed by atoms with Crippen LogP contribution in [0.25, 0.3) is 0 Å². The number of carbonyl (C=O) groups excluding carboxylic acids is 2. The van der Waals surface area contributed by atoms with Gasteiger partial charge in [0.15, 0.2) is 0 Å². The van der Waals surface area contributed by atoms with Gasteiger partial charge in [0.1, 0.15) is 17.4 Å². The smallest absolute Gasteiger partial charge is 0.254 e. The molecule has 0 saturated carbocycles. The molecule has 28 heavy (non-hydrogen) atoms. The van der Waals surface area contributed by atoms with Crippen molar-refractivity contribution >= 4 is 11.8 Å². The van der Waals surface area contributed by atoms with Crippen LogP contribution in [0.2, 0.25) is 0 Å². The van der Waals surface area contributed by atoms with E-state index in [-0.39, 0.29) is 12.1 Å². The number of rotatable bonds is 10. The monoisotopic (exact) mass is 390 g/mol. The summed E-state index contributed by atoms with van der Waals surface area (Å²) in [6.45, 7) is 2.90. The molecule has 2 N–H and O–H groups in total. The van der Waals surface area contributed by atoms with Gasteiger partial charge in [-0.2, -0.15) is 0 Å². The van der Waals surface area contributed by atoms with Crippen LogP contribution in [0.1, 0.15) is 35.7 Å². The van der Waals surface area contributed by atoms with Gasteiger partial charge in [-0.05, 0) is 42.7 Å². The molecule has 0 unspecified atom stereocenters. The van der Waals surface area contributed by atoms with Crippen LogP contribution in [0.15, 0.2) is 42.5 Å². The summed E-state index contributed by atoms with van der Waals surface area (Å²) in [5, 5.41) is 4.99. The fourth-order valence-electron chi connectivity index (χ4n) is 2.42. The number of hydrogen-bond acceptors (Lipinski definition) is 3. The van der Waals surface area contributed by atoms with Gasteiger partial charge >= 0.3 is 0 Å². The van der Waals surface area contributed by atoms with E-state index in [4.69, 9.17) is 4.74 Å². The Bertz CT molecular complexity index is 795. The minimum absolute atomic E-state index is 0.292. The second-order valence-corrected chi connectivity index (χ2v) is 6.25. The zero-order chi connectivity index (χ0) is 20.4. The predicted molar refractivity (Wildman–Crippen MR) is 102 cm³/mol. The van der Waals surface area contributed by atoms with E-state index in [1.54, 1.807) is 0 Å². The number of halogens is 2. The summed E-state index contributed by atoms with van der Waals surface area (Å²) in [5.41, 5.74) is 0.732. The Kier molecular flexibility index (Phi) is 8.39. The maximum atomic E-state index is 13.5. The first-order valence-corrected chi connectivity index (χ1v) is 9.21. The van der Waals surface area contributed by atoms with E-state index in [0.717, 1.165) is 36.3 Å². The predicted octanol–water partition coefficient (Wildman–Crippen LogP) is 3.23. The number of unbranched alkanes of at least 4 members (excludes halogenated alkanes) is 1. The highest BCUT2D eigenvalue weighted by Gasteiger charge is 2.13. The molecule has 2 amide bonds. The van der Waals surface area contributed by atoms with E-state index >= 15 is 0 Å². The largest absolute Gasteiger partial charge is 0.494 e. The van der Waals surface area contributed by atoms with E-state index < -0.39 is 23.4 Å². The van der Waals surface area contributed by atoms with Crippen LogP contribution >= 0.6 is 0 Å². The van der Waals surface area contributed by atoms with Gasteiger partial charge in [0.2, 0.25) is 5.91 Å². The van der Waals surface area contributed by atoms with Crippen molar-refractivity contribution in [3.05, 3.63) is 65.2 Å². The van der Waals surface area contributed by atoms with Crippen LogP contribution in [0, 0.1) is 11.6 Å². The van der Waals surface area contributed by atoms with E-state index in [9.17, 15) is 18.4 Å². The third kappa shape index (κ3) is 6.98. The van der Waals surface area contributed by atoms with Gasteiger partial charge in [0, 0.05) is 12.6 Å². The average molecular weight is 390 g/mol. The molecule has 150 valence electrons. The van der Waals surface area contributed by atoms with Gasteiger partial charge in [0.05, 0.1) is 18.7 Å². The second-order valence-electron chi connectivity index (χ2n) is 6.25. The minimum atomic E-state index is -0.972. The molecule has 0 saturated heterocycles. The Labute approximate surface area is 163 Å². The molecule has 0 radical (unpaired) electrons. The fourth-order valence-corrected chi connectivity index (χ4v) is 2.42. The van der Waals surface area contributed by atoms with Crippen molar-refractivity contribution < 1.29 is 23.1 Å². The van der Waals surface area contributed by atoms with Crippen molar-refractivity contribution in [1.82, 2.24) is 10.6 Å². The molecule has 0 bridgehead atoms. The number of ether oxygens (including phenoxy) is 1. The lowest BCUT2D eigenvalue weighted by atomic mass is 10.1. The Balaban J connectivity index is 1.69. The molecule has 5 nitrogen and oxygen atoms in total. The number of amides is 2. The van der Waals surface area contributed by atoms with Crippen LogP contribution in [0.5, 0.6) is 5.75 Å². The van der Waals surface area contributed by atoms with Gasteiger partial charge in [-0.3, -0.25) is 9.59 Å². The van der Waals surface area contributed by atoms with Crippen molar-refractivity contribution in [1.29, 1.82) is 0 Å². The highest BCUT2D eigenvalue weighted by Crippen LogP contribution is 2.13. The second kappa shape index (κ2) is 11.0. The molecule has 2 aromatic rings. The lowest BCUT2D eigenvalue weighted by molar-refractivity contribution is -0.120. The van der Waals surface area contributed by atoms with Crippen molar-refractivity contribution in [3.63, 3.8) is 0 Å². The van der Waals surface area contributed by atoms with Crippen LogP contribution < -0.4 is 15.4 Å². The molecular formula is C21H24F2N2O3. The minimum Gasteiger partial charge on any atom is -0.494 e. The zero-order valence-electron chi connectivity index (χ0n) is 15.8. The van der Waals surface area contributed by atoms with Gasteiger partial charge in [-0.15, -0.1) is 0 Å². The summed E-state index contributed by atoms with van der Waals surface area (Å²) in [6.07, 6.45) is 2.72. The summed E-state index contributed by atoms with van der Waals surface area (Å²) in [4.78, 5) is 23.6. The molecule has 0 aliphatic heterocycles. The van der Waals surface area contributed by atoms with Gasteiger partial charge in [-0.1, -0.05) is 25.5 Å². The molecule has 7 heteroatoms. The molecule has 0 aliphatic carbocycles. The Morgan fingerprint density at radius 2 is 1.79 bits per heavy atom. The molecule has 0 aromatic heterocycles. The number of hydrogen-bond donors (Lipinski definition) is 2. The summed E-state index contributed by atoms with van der Waals surface area (Å²) >= 11 is 0. The third-order valence-corrected chi connectivity index (χ3v) is 4.01. The number of nitrogens with one attached hydrogen (secondary N) is 2. The first kappa shape index (κ1) is 21.3. The highest BCUT2D eigenvalue weighted by atomic mass is 19.1. The standard InChI is InChI=1S/C21H24F2N2O3/c1-2-3-12-28-17-7-4-15(5-8-17)10-11-24-20(26)14-25-21(27)18-9-6-16(22)13-19(18)23/h4-9,13H,2-3,10-12,14H2,1H3,(H,24,26)(H,25,27). The van der Waals surface area contributed by atoms with Crippen LogP contribution in [0.3, 0.4) is 0 Å². The van der Waals surface area contributed by atoms with Crippen LogP contribution in [-0.4, -0.2) is 31.5 Å². The zero-order valence-corrected chi connectivity index (χ0v) is 15.8. The van der Waals surface area contributed by atoms with Gasteiger partial charge in [-0.25, -0.2) is 8.78 Å². The average Bonchev–Trinajstić information content (AvgIpc) is 2.67. The van der Waals surface area contributed by atoms with E-state index in [1.807, 2.05) is 24.3 Å². The maximum absolute atomic E-state index is 13.5. The first-order chi connectivity index (χ1) is 13.5. The molecule has 0 atom stereocenters. The molecule has 0 fully saturated rings. The molecule has 0 heterocycles. The number of carbonyl (C=O) groups is 2. The molecule has 2 aromatic carbocycles. The summed E-state index contributed by atoms with van der Waals surface area (Å²) in [6, 6.07) is 10.3. The fraction of sp³-hybridized carbons (Fsp3) is 0.333. The first-order valence-electron chi connectivity index (χ1n) is 9.21. The van der Waals surface area contributed by atoms with Crippen molar-refractivity contribution in [3.8, 4) is 5.75 Å². The Hall–Kier alpha value is -2.96. The number of benzene rings is 2. The molecule has 2 rings (SSSR count). The Morgan fingerprint density at radius 3 is 2.46 bits per heavy atom. The quantitative estimate of drug-likeness (QED) is 0.612. The molecule has 0 spiro atoms. The molecule has 0 aliphatic rings. The maximum Gasteiger partial charge on any atom is 0.254 e. The normalized spacial score (nSPS) is 10.4. The van der Waals surface area contributed by atoms with E-state index in [2.05, 4.69) is 17.6 Å². The topological polar surface area (TPSA) is 67.4 Å². The SMILES string of the molecule is CCCCOc1ccc(CCNC(=O)CNC(=O)c2ccc(F)cc2F)cc1. The lowest BCUT2D eigenvalue weighted by Crippen LogP contribution is -2.38. The summed E-state index contributed by atoms with van der Waals surface area (Å²) in [7, 11) is 0. The van der Waals surface area contributed by atoms with Crippen molar-refractivity contribution in [2.75, 3.05) is 19.7 Å². The van der Waals surface area contributed by atoms with Gasteiger partial charge < -0.3 is 15.4 Å². The van der Waals surface area contributed by atoms with E-state index in [1.165, 1.54) is 0 Å². The van der Waals surface area contributed by atoms with Gasteiger partial charge in [0.25, 0.3) is 5.91 Å². The van der Waals surface area contributed by atoms with Crippen LogP contribution in [-0.2, 0) is 11.2 Å². The lowest BCUT2D eigenvalue weighted by Gasteiger charge is -2.09. The highest BCUT2D eigenvalue weighted by molar-refractivity contribution is 5.96. The third-order valence-electron chi connectivity index (χ3n) is 4.01.